The van der Waals surface area contributed by atoms with Gasteiger partial charge in [-0.2, -0.15) is 0 Å². The van der Waals surface area contributed by atoms with Crippen molar-refractivity contribution in [2.24, 2.45) is 5.73 Å². The monoisotopic (exact) mass is 231 g/mol. The molecule has 3 atom stereocenters. The van der Waals surface area contributed by atoms with E-state index in [4.69, 9.17) is 30.8 Å². The summed E-state index contributed by atoms with van der Waals surface area (Å²) < 4.78 is 14.1. The molecule has 14 heavy (non-hydrogen) atoms. The fourth-order valence-corrected chi connectivity index (χ4v) is 1.01. The van der Waals surface area contributed by atoms with Crippen LogP contribution in [0.3, 0.4) is 0 Å². The van der Waals surface area contributed by atoms with Gasteiger partial charge in [0.1, 0.15) is 12.2 Å². The highest BCUT2D eigenvalue weighted by Crippen LogP contribution is 2.35. The smallest absolute Gasteiger partial charge is 0.389 e. The summed E-state index contributed by atoms with van der Waals surface area (Å²) in [5.74, 6) is 0. The van der Waals surface area contributed by atoms with Crippen molar-refractivity contribution in [2.45, 2.75) is 18.3 Å². The van der Waals surface area contributed by atoms with Crippen LogP contribution in [0.2, 0.25) is 0 Å². The van der Waals surface area contributed by atoms with Crippen molar-refractivity contribution >= 4 is 7.82 Å². The molecule has 0 aromatic carbocycles. The molecular formula is C5H14NO7P. The van der Waals surface area contributed by atoms with Gasteiger partial charge in [0.05, 0.1) is 12.7 Å². The van der Waals surface area contributed by atoms with Gasteiger partial charge in [-0.25, -0.2) is 4.57 Å². The van der Waals surface area contributed by atoms with E-state index >= 15 is 0 Å². The molecule has 0 aromatic heterocycles. The summed E-state index contributed by atoms with van der Waals surface area (Å²) in [6.07, 6.45) is -4.59. The van der Waals surface area contributed by atoms with Gasteiger partial charge in [-0.05, 0) is 0 Å². The molecule has 0 spiro atoms. The van der Waals surface area contributed by atoms with Crippen LogP contribution in [0.4, 0.5) is 0 Å². The molecule has 0 amide bonds. The van der Waals surface area contributed by atoms with Crippen molar-refractivity contribution in [3.63, 3.8) is 0 Å². The first-order valence-corrected chi connectivity index (χ1v) is 5.25. The maximum Gasteiger partial charge on any atom is 0.469 e. The second kappa shape index (κ2) is 5.74. The fraction of sp³-hybridized carbons (Fsp3) is 1.00. The van der Waals surface area contributed by atoms with Gasteiger partial charge in [0.25, 0.3) is 0 Å². The third kappa shape index (κ3) is 5.63. The second-order valence-electron chi connectivity index (χ2n) is 2.65. The molecule has 0 aliphatic rings. The Kier molecular flexibility index (Phi) is 5.72. The minimum absolute atomic E-state index is 0.284. The first kappa shape index (κ1) is 13.9. The largest absolute Gasteiger partial charge is 0.469 e. The average molecular weight is 231 g/mol. The van der Waals surface area contributed by atoms with Gasteiger partial charge < -0.3 is 30.8 Å². The van der Waals surface area contributed by atoms with Gasteiger partial charge in [0.2, 0.25) is 0 Å². The van der Waals surface area contributed by atoms with Crippen LogP contribution in [-0.4, -0.2) is 56.6 Å². The maximum atomic E-state index is 10.2. The lowest BCUT2D eigenvalue weighted by molar-refractivity contribution is -0.0717. The summed E-state index contributed by atoms with van der Waals surface area (Å²) in [4.78, 5) is 16.5. The number of aliphatic hydroxyl groups excluding tert-OH is 3. The maximum absolute atomic E-state index is 10.2. The molecule has 0 saturated carbocycles. The van der Waals surface area contributed by atoms with E-state index in [2.05, 4.69) is 4.52 Å². The van der Waals surface area contributed by atoms with Gasteiger partial charge in [0, 0.05) is 6.54 Å². The molecule has 0 bridgehead atoms. The fourth-order valence-electron chi connectivity index (χ4n) is 0.668. The van der Waals surface area contributed by atoms with Crippen LogP contribution >= 0.6 is 7.82 Å². The van der Waals surface area contributed by atoms with Crippen molar-refractivity contribution in [1.29, 1.82) is 0 Å². The number of aliphatic hydroxyl groups is 3. The lowest BCUT2D eigenvalue weighted by atomic mass is 10.1. The van der Waals surface area contributed by atoms with Crippen LogP contribution < -0.4 is 5.73 Å². The molecular weight excluding hydrogens is 217 g/mol. The second-order valence-corrected chi connectivity index (χ2v) is 3.89. The van der Waals surface area contributed by atoms with Crippen LogP contribution in [0, 0.1) is 0 Å². The number of phosphoric acid groups is 1. The van der Waals surface area contributed by atoms with E-state index in [0.717, 1.165) is 0 Å². The third-order valence-corrected chi connectivity index (χ3v) is 1.93. The van der Waals surface area contributed by atoms with E-state index in [9.17, 15) is 4.57 Å². The molecule has 0 radical (unpaired) electrons. The number of phosphoric ester groups is 1. The van der Waals surface area contributed by atoms with Gasteiger partial charge in [0.15, 0.2) is 0 Å². The van der Waals surface area contributed by atoms with Gasteiger partial charge in [-0.1, -0.05) is 0 Å². The highest BCUT2D eigenvalue weighted by Gasteiger charge is 2.26. The van der Waals surface area contributed by atoms with Crippen molar-refractivity contribution in [1.82, 2.24) is 0 Å². The van der Waals surface area contributed by atoms with Crippen LogP contribution in [0.5, 0.6) is 0 Å². The zero-order chi connectivity index (χ0) is 11.4. The zero-order valence-corrected chi connectivity index (χ0v) is 8.12. The minimum Gasteiger partial charge on any atom is -0.389 e. The van der Waals surface area contributed by atoms with E-state index in [0.29, 0.717) is 0 Å². The molecule has 9 heteroatoms. The molecule has 0 saturated heterocycles. The van der Waals surface area contributed by atoms with E-state index in [1.165, 1.54) is 0 Å². The summed E-state index contributed by atoms with van der Waals surface area (Å²) in [6, 6.07) is 0. The van der Waals surface area contributed by atoms with Crippen molar-refractivity contribution < 1.29 is 34.2 Å². The topological polar surface area (TPSA) is 153 Å². The summed E-state index contributed by atoms with van der Waals surface area (Å²) in [5, 5.41) is 27.1. The standard InChI is InChI=1S/C5H14NO7P/c6-1-3(7)5(9)4(8)2-13-14(10,11)12/h3-5,7-9H,1-2,6H2,(H2,10,11,12)/t3-,4+,5-/m0/s1. The van der Waals surface area contributed by atoms with Gasteiger partial charge in [-0.15, -0.1) is 0 Å². The van der Waals surface area contributed by atoms with Crippen LogP contribution in [0.25, 0.3) is 0 Å². The van der Waals surface area contributed by atoms with Crippen LogP contribution in [-0.2, 0) is 9.09 Å². The van der Waals surface area contributed by atoms with E-state index in [1.807, 2.05) is 0 Å². The first-order valence-electron chi connectivity index (χ1n) is 3.72. The minimum atomic E-state index is -4.68. The number of nitrogens with two attached hydrogens (primary N) is 1. The lowest BCUT2D eigenvalue weighted by Crippen LogP contribution is -2.43. The molecule has 8 nitrogen and oxygen atoms in total. The Balaban J connectivity index is 3.96. The molecule has 0 aliphatic carbocycles. The highest BCUT2D eigenvalue weighted by molar-refractivity contribution is 7.46. The quantitative estimate of drug-likeness (QED) is 0.267. The molecule has 0 fully saturated rings. The van der Waals surface area contributed by atoms with Gasteiger partial charge >= 0.3 is 7.82 Å². The Morgan fingerprint density at radius 1 is 1.21 bits per heavy atom. The summed E-state index contributed by atoms with van der Waals surface area (Å²) in [5.41, 5.74) is 4.98. The molecule has 7 N–H and O–H groups in total. The number of rotatable bonds is 6. The first-order chi connectivity index (χ1) is 6.28. The molecule has 0 heterocycles. The zero-order valence-electron chi connectivity index (χ0n) is 7.22. The van der Waals surface area contributed by atoms with Crippen LogP contribution in [0.1, 0.15) is 0 Å². The lowest BCUT2D eigenvalue weighted by Gasteiger charge is -2.21. The molecule has 0 aliphatic heterocycles. The number of hydrogen-bond donors (Lipinski definition) is 6. The van der Waals surface area contributed by atoms with Crippen LogP contribution in [0.15, 0.2) is 0 Å². The van der Waals surface area contributed by atoms with Crippen molar-refractivity contribution in [2.75, 3.05) is 13.2 Å². The Morgan fingerprint density at radius 3 is 2.07 bits per heavy atom. The summed E-state index contributed by atoms with van der Waals surface area (Å²) in [7, 11) is -4.68. The van der Waals surface area contributed by atoms with E-state index in [1.54, 1.807) is 0 Å². The number of hydrogen-bond acceptors (Lipinski definition) is 6. The van der Waals surface area contributed by atoms with Crippen molar-refractivity contribution in [3.8, 4) is 0 Å². The van der Waals surface area contributed by atoms with Crippen molar-refractivity contribution in [3.05, 3.63) is 0 Å². The Labute approximate surface area is 80.2 Å². The Morgan fingerprint density at radius 2 is 1.71 bits per heavy atom. The summed E-state index contributed by atoms with van der Waals surface area (Å²) >= 11 is 0. The molecule has 0 aromatic rings. The normalized spacial score (nSPS) is 19.0. The molecule has 0 rings (SSSR count). The molecule has 0 unspecified atom stereocenters. The Bertz CT molecular complexity index is 206. The summed E-state index contributed by atoms with van der Waals surface area (Å²) in [6.45, 7) is -1.07. The van der Waals surface area contributed by atoms with Gasteiger partial charge in [-0.3, -0.25) is 4.52 Å². The third-order valence-electron chi connectivity index (χ3n) is 1.44. The van der Waals surface area contributed by atoms with E-state index < -0.39 is 32.7 Å². The predicted molar refractivity (Wildman–Crippen MR) is 45.1 cm³/mol. The Hall–Kier alpha value is -0.0500. The predicted octanol–water partition coefficient (Wildman–Crippen LogP) is -2.86. The highest BCUT2D eigenvalue weighted by atomic mass is 31.2. The SMILES string of the molecule is NC[C@H](O)[C@H](O)[C@H](O)COP(=O)(O)O. The van der Waals surface area contributed by atoms with E-state index in [-0.39, 0.29) is 6.54 Å². The average Bonchev–Trinajstić information content (AvgIpc) is 2.10. The molecule has 86 valence electrons.